The molecule has 0 aliphatic carbocycles. The summed E-state index contributed by atoms with van der Waals surface area (Å²) in [6.07, 6.45) is 0. The second-order valence-electron chi connectivity index (χ2n) is 6.18. The summed E-state index contributed by atoms with van der Waals surface area (Å²) in [5, 5.41) is 14.7. The molecule has 0 unspecified atom stereocenters. The van der Waals surface area contributed by atoms with Crippen molar-refractivity contribution in [3.8, 4) is 17.6 Å². The van der Waals surface area contributed by atoms with Crippen LogP contribution < -0.4 is 10.5 Å². The predicted octanol–water partition coefficient (Wildman–Crippen LogP) is 4.19. The van der Waals surface area contributed by atoms with Gasteiger partial charge in [0.05, 0.1) is 22.9 Å². The number of benzene rings is 2. The van der Waals surface area contributed by atoms with Gasteiger partial charge in [-0.25, -0.2) is 9.07 Å². The highest BCUT2D eigenvalue weighted by atomic mass is 35.5. The molecule has 1 aliphatic heterocycles. The molecule has 7 heteroatoms. The molecule has 1 atom stereocenters. The van der Waals surface area contributed by atoms with Crippen molar-refractivity contribution in [2.24, 2.45) is 5.73 Å². The van der Waals surface area contributed by atoms with Gasteiger partial charge in [-0.3, -0.25) is 0 Å². The van der Waals surface area contributed by atoms with Gasteiger partial charge in [0.15, 0.2) is 0 Å². The highest BCUT2D eigenvalue weighted by Gasteiger charge is 2.36. The Morgan fingerprint density at radius 3 is 2.74 bits per heavy atom. The molecule has 1 aliphatic rings. The Balaban J connectivity index is 1.97. The smallest absolute Gasteiger partial charge is 0.229 e. The first-order chi connectivity index (χ1) is 13.0. The quantitative estimate of drug-likeness (QED) is 0.723. The van der Waals surface area contributed by atoms with E-state index in [0.29, 0.717) is 33.4 Å². The molecular formula is C20H14ClFN4O. The summed E-state index contributed by atoms with van der Waals surface area (Å²) in [5.74, 6) is -0.596. The van der Waals surface area contributed by atoms with Crippen molar-refractivity contribution in [2.45, 2.75) is 12.8 Å². The minimum atomic E-state index is -0.567. The Morgan fingerprint density at radius 1 is 1.26 bits per heavy atom. The highest BCUT2D eigenvalue weighted by molar-refractivity contribution is 6.30. The molecule has 0 saturated carbocycles. The van der Waals surface area contributed by atoms with Crippen molar-refractivity contribution in [2.75, 3.05) is 0 Å². The van der Waals surface area contributed by atoms with Gasteiger partial charge in [0, 0.05) is 5.02 Å². The number of rotatable bonds is 2. The van der Waals surface area contributed by atoms with E-state index >= 15 is 0 Å². The summed E-state index contributed by atoms with van der Waals surface area (Å²) in [7, 11) is 0. The zero-order chi connectivity index (χ0) is 19.1. The molecule has 2 aromatic carbocycles. The summed E-state index contributed by atoms with van der Waals surface area (Å²) < 4.78 is 21.2. The normalized spacial score (nSPS) is 15.9. The number of aromatic nitrogens is 2. The second kappa shape index (κ2) is 6.45. The molecule has 0 saturated heterocycles. The van der Waals surface area contributed by atoms with E-state index in [0.717, 1.165) is 0 Å². The van der Waals surface area contributed by atoms with E-state index in [-0.39, 0.29) is 11.5 Å². The molecule has 0 fully saturated rings. The van der Waals surface area contributed by atoms with Crippen LogP contribution in [0.25, 0.3) is 5.69 Å². The standard InChI is InChI=1S/C20H14ClFN4O/c1-11-17-18(12-4-2-6-14(22)8-12)16(10-23)19(24)27-20(17)26(25-11)15-7-3-5-13(21)9-15/h2-9,18H,24H2,1H3/t18-/m1/s1. The van der Waals surface area contributed by atoms with Gasteiger partial charge in [0.2, 0.25) is 11.8 Å². The molecule has 0 bridgehead atoms. The molecule has 5 nitrogen and oxygen atoms in total. The van der Waals surface area contributed by atoms with Gasteiger partial charge >= 0.3 is 0 Å². The lowest BCUT2D eigenvalue weighted by Crippen LogP contribution is -2.22. The van der Waals surface area contributed by atoms with Gasteiger partial charge in [-0.05, 0) is 42.8 Å². The van der Waals surface area contributed by atoms with E-state index in [1.807, 2.05) is 13.0 Å². The fraction of sp³-hybridized carbons (Fsp3) is 0.100. The number of allylic oxidation sites excluding steroid dienone is 1. The van der Waals surface area contributed by atoms with Crippen LogP contribution in [-0.4, -0.2) is 9.78 Å². The first-order valence-corrected chi connectivity index (χ1v) is 8.56. The van der Waals surface area contributed by atoms with Crippen molar-refractivity contribution in [3.05, 3.63) is 87.6 Å². The van der Waals surface area contributed by atoms with E-state index in [1.165, 1.54) is 12.1 Å². The van der Waals surface area contributed by atoms with E-state index in [9.17, 15) is 9.65 Å². The molecule has 0 radical (unpaired) electrons. The number of halogens is 2. The number of hydrogen-bond donors (Lipinski definition) is 1. The SMILES string of the molecule is Cc1nn(-c2cccc(Cl)c2)c2c1[C@H](c1cccc(F)c1)C(C#N)=C(N)O2. The minimum Gasteiger partial charge on any atom is -0.422 e. The first kappa shape index (κ1) is 17.1. The third kappa shape index (κ3) is 2.82. The van der Waals surface area contributed by atoms with Crippen molar-refractivity contribution >= 4 is 11.6 Å². The molecule has 3 aromatic rings. The number of nitriles is 1. The van der Waals surface area contributed by atoms with Crippen molar-refractivity contribution in [3.63, 3.8) is 0 Å². The zero-order valence-corrected chi connectivity index (χ0v) is 15.0. The van der Waals surface area contributed by atoms with Gasteiger partial charge in [0.1, 0.15) is 17.5 Å². The van der Waals surface area contributed by atoms with Crippen LogP contribution in [0.1, 0.15) is 22.7 Å². The Morgan fingerprint density at radius 2 is 2.04 bits per heavy atom. The Hall–Kier alpha value is -3.30. The summed E-state index contributed by atoms with van der Waals surface area (Å²) in [6, 6.07) is 15.3. The summed E-state index contributed by atoms with van der Waals surface area (Å²) in [6.45, 7) is 1.81. The van der Waals surface area contributed by atoms with E-state index in [4.69, 9.17) is 22.1 Å². The molecule has 0 amide bonds. The van der Waals surface area contributed by atoms with Gasteiger partial charge in [0.25, 0.3) is 0 Å². The Bertz CT molecular complexity index is 1130. The van der Waals surface area contributed by atoms with Crippen molar-refractivity contribution in [1.29, 1.82) is 5.26 Å². The molecule has 1 aromatic heterocycles. The first-order valence-electron chi connectivity index (χ1n) is 8.18. The minimum absolute atomic E-state index is 0.0255. The lowest BCUT2D eigenvalue weighted by molar-refractivity contribution is 0.367. The zero-order valence-electron chi connectivity index (χ0n) is 14.3. The third-order valence-corrected chi connectivity index (χ3v) is 4.70. The van der Waals surface area contributed by atoms with Crippen LogP contribution in [0.2, 0.25) is 5.02 Å². The number of nitrogens with two attached hydrogens (primary N) is 1. The second-order valence-corrected chi connectivity index (χ2v) is 6.61. The Labute approximate surface area is 160 Å². The summed E-state index contributed by atoms with van der Waals surface area (Å²) in [4.78, 5) is 0. The van der Waals surface area contributed by atoms with E-state index in [2.05, 4.69) is 11.2 Å². The predicted molar refractivity (Wildman–Crippen MR) is 99.0 cm³/mol. The van der Waals surface area contributed by atoms with Gasteiger partial charge in [-0.2, -0.15) is 10.4 Å². The number of nitrogens with zero attached hydrogens (tertiary/aromatic N) is 3. The summed E-state index contributed by atoms with van der Waals surface area (Å²) in [5.41, 5.74) is 8.88. The van der Waals surface area contributed by atoms with Crippen LogP contribution in [0.15, 0.2) is 60.0 Å². The number of aryl methyl sites for hydroxylation is 1. The van der Waals surface area contributed by atoms with E-state index in [1.54, 1.807) is 35.0 Å². The van der Waals surface area contributed by atoms with Crippen LogP contribution >= 0.6 is 11.6 Å². The molecule has 134 valence electrons. The van der Waals surface area contributed by atoms with Gasteiger partial charge in [-0.1, -0.05) is 29.8 Å². The molecule has 4 rings (SSSR count). The summed E-state index contributed by atoms with van der Waals surface area (Å²) >= 11 is 6.10. The maximum absolute atomic E-state index is 13.8. The monoisotopic (exact) mass is 380 g/mol. The lowest BCUT2D eigenvalue weighted by Gasteiger charge is -2.24. The van der Waals surface area contributed by atoms with Crippen molar-refractivity contribution in [1.82, 2.24) is 9.78 Å². The van der Waals surface area contributed by atoms with Crippen LogP contribution in [0.5, 0.6) is 5.88 Å². The average molecular weight is 381 g/mol. The van der Waals surface area contributed by atoms with E-state index < -0.39 is 11.7 Å². The molecule has 0 spiro atoms. The third-order valence-electron chi connectivity index (χ3n) is 4.47. The van der Waals surface area contributed by atoms with Crippen LogP contribution in [-0.2, 0) is 0 Å². The fourth-order valence-corrected chi connectivity index (χ4v) is 3.50. The van der Waals surface area contributed by atoms with Crippen LogP contribution in [0.4, 0.5) is 4.39 Å². The highest BCUT2D eigenvalue weighted by Crippen LogP contribution is 2.44. The number of fused-ring (bicyclic) bond motifs is 1. The molecule has 27 heavy (non-hydrogen) atoms. The maximum atomic E-state index is 13.8. The van der Waals surface area contributed by atoms with Crippen molar-refractivity contribution < 1.29 is 9.13 Å². The largest absolute Gasteiger partial charge is 0.422 e. The van der Waals surface area contributed by atoms with Gasteiger partial charge in [-0.15, -0.1) is 0 Å². The van der Waals surface area contributed by atoms with Crippen LogP contribution in [0, 0.1) is 24.1 Å². The Kier molecular flexibility index (Phi) is 4.09. The van der Waals surface area contributed by atoms with Gasteiger partial charge < -0.3 is 10.5 Å². The maximum Gasteiger partial charge on any atom is 0.229 e. The van der Waals surface area contributed by atoms with Crippen LogP contribution in [0.3, 0.4) is 0 Å². The number of hydrogen-bond acceptors (Lipinski definition) is 4. The molecular weight excluding hydrogens is 367 g/mol. The number of ether oxygens (including phenoxy) is 1. The fourth-order valence-electron chi connectivity index (χ4n) is 3.32. The lowest BCUT2D eigenvalue weighted by atomic mass is 9.84. The molecule has 2 N–H and O–H groups in total. The molecule has 2 heterocycles. The average Bonchev–Trinajstić information content (AvgIpc) is 2.96. The topological polar surface area (TPSA) is 76.9 Å².